The minimum Gasteiger partial charge on any atom is -0.343 e. The standard InChI is InChI=1S/C15H15NO2/c1-10(16-15(18)11(2)17)13-8-7-12-5-3-4-6-14(12)9-13/h3-10H,1-2H3,(H,16,18). The zero-order valence-electron chi connectivity index (χ0n) is 10.4. The molecule has 0 bridgehead atoms. The first kappa shape index (κ1) is 12.3. The summed E-state index contributed by atoms with van der Waals surface area (Å²) in [5, 5.41) is 4.95. The highest BCUT2D eigenvalue weighted by Crippen LogP contribution is 2.20. The quantitative estimate of drug-likeness (QED) is 0.839. The van der Waals surface area contributed by atoms with E-state index in [1.165, 1.54) is 6.92 Å². The van der Waals surface area contributed by atoms with Gasteiger partial charge in [-0.1, -0.05) is 36.4 Å². The summed E-state index contributed by atoms with van der Waals surface area (Å²) in [6.07, 6.45) is 0. The molecule has 2 aromatic carbocycles. The highest BCUT2D eigenvalue weighted by atomic mass is 16.2. The zero-order valence-corrected chi connectivity index (χ0v) is 10.4. The third kappa shape index (κ3) is 2.56. The van der Waals surface area contributed by atoms with Gasteiger partial charge in [0, 0.05) is 6.92 Å². The summed E-state index contributed by atoms with van der Waals surface area (Å²) < 4.78 is 0. The van der Waals surface area contributed by atoms with Gasteiger partial charge in [0.15, 0.2) is 0 Å². The molecule has 1 unspecified atom stereocenters. The number of amides is 1. The van der Waals surface area contributed by atoms with Crippen LogP contribution in [0.1, 0.15) is 25.5 Å². The van der Waals surface area contributed by atoms with E-state index in [2.05, 4.69) is 5.32 Å². The number of fused-ring (bicyclic) bond motifs is 1. The molecule has 0 fully saturated rings. The van der Waals surface area contributed by atoms with Crippen LogP contribution < -0.4 is 5.32 Å². The van der Waals surface area contributed by atoms with Crippen LogP contribution in [-0.2, 0) is 9.59 Å². The van der Waals surface area contributed by atoms with E-state index in [1.54, 1.807) is 0 Å². The van der Waals surface area contributed by atoms with Crippen molar-refractivity contribution in [1.29, 1.82) is 0 Å². The second-order valence-electron chi connectivity index (χ2n) is 4.36. The molecule has 0 aliphatic heterocycles. The molecule has 0 saturated heterocycles. The normalized spacial score (nSPS) is 12.1. The van der Waals surface area contributed by atoms with Gasteiger partial charge in [0.2, 0.25) is 5.78 Å². The Kier molecular flexibility index (Phi) is 3.42. The number of ketones is 1. The van der Waals surface area contributed by atoms with Gasteiger partial charge >= 0.3 is 0 Å². The highest BCUT2D eigenvalue weighted by molar-refractivity contribution is 6.35. The molecule has 0 aliphatic carbocycles. The Labute approximate surface area is 106 Å². The molecule has 0 aromatic heterocycles. The molecule has 2 aromatic rings. The monoisotopic (exact) mass is 241 g/mol. The van der Waals surface area contributed by atoms with Gasteiger partial charge in [0.1, 0.15) is 0 Å². The zero-order chi connectivity index (χ0) is 13.1. The van der Waals surface area contributed by atoms with Crippen LogP contribution >= 0.6 is 0 Å². The maximum Gasteiger partial charge on any atom is 0.287 e. The highest BCUT2D eigenvalue weighted by Gasteiger charge is 2.12. The van der Waals surface area contributed by atoms with Crippen LogP contribution in [0.15, 0.2) is 42.5 Å². The van der Waals surface area contributed by atoms with E-state index in [-0.39, 0.29) is 6.04 Å². The average molecular weight is 241 g/mol. The largest absolute Gasteiger partial charge is 0.343 e. The summed E-state index contributed by atoms with van der Waals surface area (Å²) >= 11 is 0. The molecule has 92 valence electrons. The molecule has 3 nitrogen and oxygen atoms in total. The molecular weight excluding hydrogens is 226 g/mol. The Morgan fingerprint density at radius 2 is 1.72 bits per heavy atom. The third-order valence-electron chi connectivity index (χ3n) is 2.94. The van der Waals surface area contributed by atoms with Gasteiger partial charge in [0.05, 0.1) is 6.04 Å². The second-order valence-corrected chi connectivity index (χ2v) is 4.36. The van der Waals surface area contributed by atoms with Crippen molar-refractivity contribution >= 4 is 22.5 Å². The fourth-order valence-corrected chi connectivity index (χ4v) is 1.86. The van der Waals surface area contributed by atoms with Gasteiger partial charge in [-0.05, 0) is 29.3 Å². The number of carbonyl (C=O) groups is 2. The summed E-state index contributed by atoms with van der Waals surface area (Å²) in [5.74, 6) is -1.02. The van der Waals surface area contributed by atoms with E-state index in [9.17, 15) is 9.59 Å². The molecule has 1 atom stereocenters. The number of nitrogens with one attached hydrogen (secondary N) is 1. The number of rotatable bonds is 3. The van der Waals surface area contributed by atoms with E-state index in [4.69, 9.17) is 0 Å². The molecular formula is C15H15NO2. The Balaban J connectivity index is 2.25. The van der Waals surface area contributed by atoms with Gasteiger partial charge in [-0.2, -0.15) is 0 Å². The fraction of sp³-hybridized carbons (Fsp3) is 0.200. The summed E-state index contributed by atoms with van der Waals surface area (Å²) in [7, 11) is 0. The Morgan fingerprint density at radius 1 is 1.06 bits per heavy atom. The fourth-order valence-electron chi connectivity index (χ4n) is 1.86. The van der Waals surface area contributed by atoms with Crippen LogP contribution in [0.4, 0.5) is 0 Å². The predicted molar refractivity (Wildman–Crippen MR) is 71.2 cm³/mol. The van der Waals surface area contributed by atoms with Gasteiger partial charge < -0.3 is 5.32 Å². The second kappa shape index (κ2) is 5.00. The lowest BCUT2D eigenvalue weighted by Crippen LogP contribution is -2.31. The van der Waals surface area contributed by atoms with Gasteiger partial charge in [-0.15, -0.1) is 0 Å². The van der Waals surface area contributed by atoms with E-state index in [0.717, 1.165) is 16.3 Å². The number of carbonyl (C=O) groups excluding carboxylic acids is 2. The van der Waals surface area contributed by atoms with Crippen LogP contribution in [0.2, 0.25) is 0 Å². The molecule has 0 spiro atoms. The Bertz CT molecular complexity index is 604. The molecule has 1 N–H and O–H groups in total. The topological polar surface area (TPSA) is 46.2 Å². The average Bonchev–Trinajstić information content (AvgIpc) is 2.37. The minimum absolute atomic E-state index is 0.175. The van der Waals surface area contributed by atoms with Gasteiger partial charge in [-0.25, -0.2) is 0 Å². The van der Waals surface area contributed by atoms with Crippen molar-refractivity contribution in [3.05, 3.63) is 48.0 Å². The first-order valence-electron chi connectivity index (χ1n) is 5.88. The van der Waals surface area contributed by atoms with Crippen LogP contribution in [0, 0.1) is 0 Å². The number of benzene rings is 2. The summed E-state index contributed by atoms with van der Waals surface area (Å²) in [4.78, 5) is 22.2. The number of hydrogen-bond acceptors (Lipinski definition) is 2. The molecule has 0 aliphatic rings. The van der Waals surface area contributed by atoms with Crippen molar-refractivity contribution < 1.29 is 9.59 Å². The van der Waals surface area contributed by atoms with Crippen molar-refractivity contribution in [3.63, 3.8) is 0 Å². The van der Waals surface area contributed by atoms with Crippen LogP contribution in [0.5, 0.6) is 0 Å². The van der Waals surface area contributed by atoms with E-state index in [1.807, 2.05) is 49.4 Å². The van der Waals surface area contributed by atoms with Crippen LogP contribution in [-0.4, -0.2) is 11.7 Å². The molecule has 0 saturated carbocycles. The number of Topliss-reactive ketones (excluding diaryl/α,β-unsaturated/α-hetero) is 1. The third-order valence-corrected chi connectivity index (χ3v) is 2.94. The Morgan fingerprint density at radius 3 is 2.39 bits per heavy atom. The Hall–Kier alpha value is -2.16. The van der Waals surface area contributed by atoms with Crippen molar-refractivity contribution in [2.24, 2.45) is 0 Å². The molecule has 3 heteroatoms. The van der Waals surface area contributed by atoms with Crippen LogP contribution in [0.3, 0.4) is 0 Å². The summed E-state index contributed by atoms with van der Waals surface area (Å²) in [6, 6.07) is 13.9. The maximum absolute atomic E-state index is 11.3. The molecule has 1 amide bonds. The first-order chi connectivity index (χ1) is 8.58. The first-order valence-corrected chi connectivity index (χ1v) is 5.88. The summed E-state index contributed by atoms with van der Waals surface area (Å²) in [5.41, 5.74) is 0.989. The van der Waals surface area contributed by atoms with Gasteiger partial charge in [0.25, 0.3) is 5.91 Å². The van der Waals surface area contributed by atoms with Crippen molar-refractivity contribution in [1.82, 2.24) is 5.32 Å². The smallest absolute Gasteiger partial charge is 0.287 e. The molecule has 18 heavy (non-hydrogen) atoms. The van der Waals surface area contributed by atoms with E-state index >= 15 is 0 Å². The SMILES string of the molecule is CC(=O)C(=O)NC(C)c1ccc2ccccc2c1. The van der Waals surface area contributed by atoms with E-state index < -0.39 is 11.7 Å². The lowest BCUT2D eigenvalue weighted by molar-refractivity contribution is -0.137. The molecule has 0 heterocycles. The van der Waals surface area contributed by atoms with Crippen molar-refractivity contribution in [2.45, 2.75) is 19.9 Å². The predicted octanol–water partition coefficient (Wildman–Crippen LogP) is 2.61. The van der Waals surface area contributed by atoms with E-state index in [0.29, 0.717) is 0 Å². The lowest BCUT2D eigenvalue weighted by atomic mass is 10.0. The maximum atomic E-state index is 11.3. The summed E-state index contributed by atoms with van der Waals surface area (Å²) in [6.45, 7) is 3.13. The number of hydrogen-bond donors (Lipinski definition) is 1. The molecule has 2 rings (SSSR count). The lowest BCUT2D eigenvalue weighted by Gasteiger charge is -2.13. The molecule has 0 radical (unpaired) electrons. The van der Waals surface area contributed by atoms with Gasteiger partial charge in [-0.3, -0.25) is 9.59 Å². The minimum atomic E-state index is -0.546. The van der Waals surface area contributed by atoms with Crippen molar-refractivity contribution in [2.75, 3.05) is 0 Å². The van der Waals surface area contributed by atoms with Crippen LogP contribution in [0.25, 0.3) is 10.8 Å². The van der Waals surface area contributed by atoms with Crippen molar-refractivity contribution in [3.8, 4) is 0 Å².